The van der Waals surface area contributed by atoms with Gasteiger partial charge in [-0.2, -0.15) is 0 Å². The van der Waals surface area contributed by atoms with E-state index in [9.17, 15) is 9.59 Å². The van der Waals surface area contributed by atoms with Crippen LogP contribution in [0.25, 0.3) is 0 Å². The van der Waals surface area contributed by atoms with E-state index in [0.29, 0.717) is 6.61 Å². The number of hydrogen-bond donors (Lipinski definition) is 1. The van der Waals surface area contributed by atoms with Gasteiger partial charge in [0, 0.05) is 6.42 Å². The van der Waals surface area contributed by atoms with E-state index in [2.05, 4.69) is 21.2 Å². The first-order valence-electron chi connectivity index (χ1n) is 5.37. The second-order valence-corrected chi connectivity index (χ2v) is 4.65. The fraction of sp³-hybridized carbons (Fsp3) is 0.333. The van der Waals surface area contributed by atoms with Crippen LogP contribution in [-0.2, 0) is 9.59 Å². The number of nitrogens with one attached hydrogen (secondary N) is 1. The number of carbonyl (C=O) groups is 2. The zero-order valence-corrected chi connectivity index (χ0v) is 10.9. The minimum Gasteiger partial charge on any atom is -0.493 e. The summed E-state index contributed by atoms with van der Waals surface area (Å²) in [5.41, 5.74) is 0.823. The van der Waals surface area contributed by atoms with Gasteiger partial charge in [-0.05, 0) is 40.5 Å². The molecule has 0 radical (unpaired) electrons. The Morgan fingerprint density at radius 1 is 1.47 bits per heavy atom. The molecule has 0 bridgehead atoms. The molecule has 1 atom stereocenters. The summed E-state index contributed by atoms with van der Waals surface area (Å²) in [6, 6.07) is 5.45. The molecule has 2 amide bonds. The van der Waals surface area contributed by atoms with Gasteiger partial charge < -0.3 is 4.74 Å². The van der Waals surface area contributed by atoms with Gasteiger partial charge in [-0.3, -0.25) is 14.9 Å². The quantitative estimate of drug-likeness (QED) is 0.868. The van der Waals surface area contributed by atoms with Crippen molar-refractivity contribution in [2.75, 3.05) is 6.61 Å². The van der Waals surface area contributed by atoms with Gasteiger partial charge >= 0.3 is 0 Å². The number of ether oxygens (including phenoxy) is 1. The van der Waals surface area contributed by atoms with E-state index in [1.807, 2.05) is 19.1 Å². The zero-order chi connectivity index (χ0) is 12.4. The lowest BCUT2D eigenvalue weighted by Crippen LogP contribution is -2.21. The molecule has 1 aromatic rings. The maximum atomic E-state index is 11.5. The van der Waals surface area contributed by atoms with Gasteiger partial charge in [-0.25, -0.2) is 0 Å². The summed E-state index contributed by atoms with van der Waals surface area (Å²) in [5, 5.41) is 2.30. The van der Waals surface area contributed by atoms with E-state index in [1.165, 1.54) is 0 Å². The molecule has 1 aliphatic heterocycles. The number of carbonyl (C=O) groups excluding carboxylic acids is 2. The highest BCUT2D eigenvalue weighted by Gasteiger charge is 2.31. The van der Waals surface area contributed by atoms with E-state index in [-0.39, 0.29) is 24.2 Å². The van der Waals surface area contributed by atoms with Crippen LogP contribution in [0.3, 0.4) is 0 Å². The minimum atomic E-state index is -0.380. The number of imide groups is 1. The summed E-state index contributed by atoms with van der Waals surface area (Å²) >= 11 is 3.39. The minimum absolute atomic E-state index is 0.218. The summed E-state index contributed by atoms with van der Waals surface area (Å²) in [7, 11) is 0. The molecule has 4 nitrogen and oxygen atoms in total. The normalized spacial score (nSPS) is 19.3. The zero-order valence-electron chi connectivity index (χ0n) is 9.33. The molecule has 1 fully saturated rings. The van der Waals surface area contributed by atoms with Gasteiger partial charge in [-0.15, -0.1) is 0 Å². The molecule has 17 heavy (non-hydrogen) atoms. The van der Waals surface area contributed by atoms with Crippen LogP contribution in [-0.4, -0.2) is 18.4 Å². The van der Waals surface area contributed by atoms with Crippen molar-refractivity contribution in [2.45, 2.75) is 19.3 Å². The van der Waals surface area contributed by atoms with Crippen molar-refractivity contribution in [1.29, 1.82) is 0 Å². The van der Waals surface area contributed by atoms with E-state index in [1.54, 1.807) is 6.07 Å². The Morgan fingerprint density at radius 2 is 2.24 bits per heavy atom. The fourth-order valence-corrected chi connectivity index (χ4v) is 2.34. The van der Waals surface area contributed by atoms with Crippen LogP contribution in [0.4, 0.5) is 0 Å². The highest BCUT2D eigenvalue weighted by atomic mass is 79.9. The Labute approximate surface area is 107 Å². The van der Waals surface area contributed by atoms with E-state index >= 15 is 0 Å². The first-order chi connectivity index (χ1) is 8.11. The summed E-state index contributed by atoms with van der Waals surface area (Å²) in [6.45, 7) is 2.49. The summed E-state index contributed by atoms with van der Waals surface area (Å²) in [4.78, 5) is 22.7. The molecule has 1 heterocycles. The van der Waals surface area contributed by atoms with Crippen molar-refractivity contribution < 1.29 is 14.3 Å². The number of halogens is 1. The first kappa shape index (κ1) is 12.1. The van der Waals surface area contributed by atoms with Crippen molar-refractivity contribution >= 4 is 27.7 Å². The van der Waals surface area contributed by atoms with Crippen LogP contribution in [0.5, 0.6) is 5.75 Å². The van der Waals surface area contributed by atoms with Gasteiger partial charge in [0.05, 0.1) is 17.0 Å². The third-order valence-electron chi connectivity index (χ3n) is 2.63. The monoisotopic (exact) mass is 297 g/mol. The largest absolute Gasteiger partial charge is 0.493 e. The third kappa shape index (κ3) is 2.49. The lowest BCUT2D eigenvalue weighted by Gasteiger charge is -2.10. The molecular weight excluding hydrogens is 286 g/mol. The van der Waals surface area contributed by atoms with Crippen LogP contribution in [0.1, 0.15) is 24.8 Å². The van der Waals surface area contributed by atoms with Crippen LogP contribution in [0, 0.1) is 0 Å². The van der Waals surface area contributed by atoms with Crippen LogP contribution in [0.15, 0.2) is 22.7 Å². The van der Waals surface area contributed by atoms with Gasteiger partial charge in [0.2, 0.25) is 11.8 Å². The molecular formula is C12H12BrNO3. The first-order valence-corrected chi connectivity index (χ1v) is 6.17. The molecule has 0 spiro atoms. The highest BCUT2D eigenvalue weighted by Crippen LogP contribution is 2.31. The molecule has 5 heteroatoms. The van der Waals surface area contributed by atoms with Crippen molar-refractivity contribution in [3.8, 4) is 5.75 Å². The Kier molecular flexibility index (Phi) is 3.47. The van der Waals surface area contributed by atoms with Gasteiger partial charge in [0.25, 0.3) is 0 Å². The maximum Gasteiger partial charge on any atom is 0.234 e. The number of amides is 2. The second kappa shape index (κ2) is 4.87. The lowest BCUT2D eigenvalue weighted by atomic mass is 9.98. The Morgan fingerprint density at radius 3 is 2.76 bits per heavy atom. The highest BCUT2D eigenvalue weighted by molar-refractivity contribution is 9.10. The smallest absolute Gasteiger partial charge is 0.234 e. The van der Waals surface area contributed by atoms with Gasteiger partial charge in [-0.1, -0.05) is 6.07 Å². The van der Waals surface area contributed by atoms with E-state index in [0.717, 1.165) is 15.8 Å². The lowest BCUT2D eigenvalue weighted by molar-refractivity contribution is -0.125. The molecule has 90 valence electrons. The fourth-order valence-electron chi connectivity index (χ4n) is 1.83. The molecule has 1 unspecified atom stereocenters. The predicted molar refractivity (Wildman–Crippen MR) is 65.8 cm³/mol. The number of rotatable bonds is 3. The van der Waals surface area contributed by atoms with Crippen molar-refractivity contribution in [3.63, 3.8) is 0 Å². The molecule has 1 N–H and O–H groups in total. The summed E-state index contributed by atoms with van der Waals surface area (Å²) < 4.78 is 6.18. The average molecular weight is 298 g/mol. The SMILES string of the molecule is CCOc1ccc(C2CC(=O)NC2=O)cc1Br. The Balaban J connectivity index is 2.25. The molecule has 0 saturated carbocycles. The standard InChI is InChI=1S/C12H12BrNO3/c1-2-17-10-4-3-7(5-9(10)13)8-6-11(15)14-12(8)16/h3-5,8H,2,6H2,1H3,(H,14,15,16). The predicted octanol–water partition coefficient (Wildman–Crippen LogP) is 1.98. The molecule has 1 saturated heterocycles. The molecule has 1 aromatic carbocycles. The topological polar surface area (TPSA) is 55.4 Å². The van der Waals surface area contributed by atoms with Crippen LogP contribution in [0.2, 0.25) is 0 Å². The maximum absolute atomic E-state index is 11.5. The molecule has 2 rings (SSSR count). The van der Waals surface area contributed by atoms with Gasteiger partial charge in [0.1, 0.15) is 5.75 Å². The summed E-state index contributed by atoms with van der Waals surface area (Å²) in [5.74, 6) is -0.0912. The number of hydrogen-bond acceptors (Lipinski definition) is 3. The van der Waals surface area contributed by atoms with E-state index in [4.69, 9.17) is 4.74 Å². The van der Waals surface area contributed by atoms with E-state index < -0.39 is 0 Å². The molecule has 0 aliphatic carbocycles. The van der Waals surface area contributed by atoms with Crippen LogP contribution < -0.4 is 10.1 Å². The molecule has 0 aromatic heterocycles. The second-order valence-electron chi connectivity index (χ2n) is 3.79. The summed E-state index contributed by atoms with van der Waals surface area (Å²) in [6.07, 6.45) is 0.221. The van der Waals surface area contributed by atoms with Crippen LogP contribution >= 0.6 is 15.9 Å². The molecule has 1 aliphatic rings. The number of benzene rings is 1. The van der Waals surface area contributed by atoms with Crippen molar-refractivity contribution in [3.05, 3.63) is 28.2 Å². The third-order valence-corrected chi connectivity index (χ3v) is 3.25. The average Bonchev–Trinajstić information content (AvgIpc) is 2.61. The Bertz CT molecular complexity index is 473. The van der Waals surface area contributed by atoms with Crippen molar-refractivity contribution in [1.82, 2.24) is 5.32 Å². The van der Waals surface area contributed by atoms with Crippen molar-refractivity contribution in [2.24, 2.45) is 0 Å². The van der Waals surface area contributed by atoms with Gasteiger partial charge in [0.15, 0.2) is 0 Å². The Hall–Kier alpha value is -1.36.